The van der Waals surface area contributed by atoms with Gasteiger partial charge in [-0.15, -0.1) is 10.2 Å². The van der Waals surface area contributed by atoms with E-state index in [2.05, 4.69) is 20.6 Å². The number of carbonyl (C=O) groups is 1. The molecule has 35 heavy (non-hydrogen) atoms. The van der Waals surface area contributed by atoms with Crippen LogP contribution in [0.25, 0.3) is 11.4 Å². The molecular formula is C25H24N4NaO4S. The molecule has 1 unspecified atom stereocenters. The number of phenolic OH excluding ortho intramolecular Hbond substituents is 1. The summed E-state index contributed by atoms with van der Waals surface area (Å²) in [5.74, 6) is 0.745. The molecule has 1 radical (unpaired) electrons. The summed E-state index contributed by atoms with van der Waals surface area (Å²) in [7, 11) is 0. The van der Waals surface area contributed by atoms with Gasteiger partial charge in [0.05, 0.1) is 5.56 Å². The fraction of sp³-hybridized carbons (Fsp3) is 0.200. The predicted molar refractivity (Wildman–Crippen MR) is 133 cm³/mol. The van der Waals surface area contributed by atoms with E-state index in [4.69, 9.17) is 4.74 Å². The molecule has 0 aliphatic rings. The number of tetrazole rings is 1. The van der Waals surface area contributed by atoms with Gasteiger partial charge < -0.3 is 14.4 Å². The average Bonchev–Trinajstić information content (AvgIpc) is 3.39. The maximum absolute atomic E-state index is 13.2. The third-order valence-electron chi connectivity index (χ3n) is 5.28. The van der Waals surface area contributed by atoms with E-state index in [9.17, 15) is 14.5 Å². The van der Waals surface area contributed by atoms with Gasteiger partial charge >= 0.3 is 0 Å². The number of hydrogen-bond donors (Lipinski definition) is 2. The molecule has 0 spiro atoms. The molecule has 1 aromatic heterocycles. The Labute approximate surface area is 228 Å². The Kier molecular flexibility index (Phi) is 9.47. The van der Waals surface area contributed by atoms with Crippen LogP contribution >= 0.6 is 0 Å². The van der Waals surface area contributed by atoms with Crippen molar-refractivity contribution in [2.24, 2.45) is 0 Å². The number of ketones is 1. The monoisotopic (exact) mass is 499 g/mol. The molecule has 0 saturated carbocycles. The summed E-state index contributed by atoms with van der Waals surface area (Å²) in [5.41, 5.74) is 2.46. The van der Waals surface area contributed by atoms with Crippen LogP contribution in [0.5, 0.6) is 11.5 Å². The van der Waals surface area contributed by atoms with Gasteiger partial charge in [0.25, 0.3) is 0 Å². The van der Waals surface area contributed by atoms with Gasteiger partial charge in [-0.1, -0.05) is 37.6 Å². The van der Waals surface area contributed by atoms with E-state index in [0.717, 1.165) is 17.5 Å². The van der Waals surface area contributed by atoms with E-state index in [1.54, 1.807) is 36.4 Å². The molecule has 4 rings (SSSR count). The van der Waals surface area contributed by atoms with Crippen LogP contribution in [0.4, 0.5) is 0 Å². The topological polar surface area (TPSA) is 124 Å². The second-order valence-corrected chi connectivity index (χ2v) is 9.19. The number of hydrogen-bond acceptors (Lipinski definition) is 7. The number of ether oxygens (including phenoxy) is 1. The van der Waals surface area contributed by atoms with Crippen molar-refractivity contribution in [3.05, 3.63) is 77.4 Å². The molecule has 1 heterocycles. The van der Waals surface area contributed by atoms with Crippen molar-refractivity contribution in [1.29, 1.82) is 0 Å². The summed E-state index contributed by atoms with van der Waals surface area (Å²) in [6.07, 6.45) is 1.38. The average molecular weight is 500 g/mol. The first-order valence-corrected chi connectivity index (χ1v) is 12.0. The van der Waals surface area contributed by atoms with Crippen molar-refractivity contribution in [3.63, 3.8) is 0 Å². The molecule has 0 aliphatic heterocycles. The van der Waals surface area contributed by atoms with Crippen LogP contribution in [0, 0.1) is 0 Å². The van der Waals surface area contributed by atoms with Gasteiger partial charge in [0.15, 0.2) is 15.6 Å². The summed E-state index contributed by atoms with van der Waals surface area (Å²) >= 11 is -1.42. The zero-order valence-corrected chi connectivity index (χ0v) is 22.6. The second-order valence-electron chi connectivity index (χ2n) is 7.71. The number of Topliss-reactive ketones (excluding diaryl/α,β-unsaturated/α-hetero) is 1. The van der Waals surface area contributed by atoms with Gasteiger partial charge in [0.2, 0.25) is 5.82 Å². The first-order valence-electron chi connectivity index (χ1n) is 10.8. The third kappa shape index (κ3) is 6.31. The number of nitrogens with zero attached hydrogens (tertiary/aromatic N) is 3. The van der Waals surface area contributed by atoms with E-state index in [-0.39, 0.29) is 53.3 Å². The van der Waals surface area contributed by atoms with Crippen molar-refractivity contribution in [3.8, 4) is 22.9 Å². The number of carbonyl (C=O) groups excluding carboxylic acids is 1. The zero-order chi connectivity index (χ0) is 24.1. The van der Waals surface area contributed by atoms with E-state index < -0.39 is 11.2 Å². The van der Waals surface area contributed by atoms with Crippen molar-refractivity contribution in [2.45, 2.75) is 43.1 Å². The van der Waals surface area contributed by atoms with Gasteiger partial charge in [-0.2, -0.15) is 5.21 Å². The maximum Gasteiger partial charge on any atom is 0.204 e. The number of aromatic amines is 1. The number of H-pyrrole nitrogens is 1. The standard InChI is InChI=1S/C25H24N4O4S.Na/c1-3-6-22-23(12-11-21(16(2)30)24(22)31)33-15-17-7-4-9-19(13-17)34(32)20-10-5-8-18(14-20)25-26-28-29-27-25;/h4-5,7-14,31H,3,6,15H2,1-2H3,(H,26,27,28,29);. The number of aromatic hydroxyl groups is 1. The number of benzene rings is 3. The molecule has 2 N–H and O–H groups in total. The molecule has 4 aromatic rings. The molecule has 10 heteroatoms. The van der Waals surface area contributed by atoms with Crippen LogP contribution in [0.15, 0.2) is 70.5 Å². The number of aromatic nitrogens is 4. The molecule has 0 fully saturated rings. The second kappa shape index (κ2) is 12.3. The van der Waals surface area contributed by atoms with Crippen molar-refractivity contribution in [1.82, 2.24) is 20.6 Å². The van der Waals surface area contributed by atoms with E-state index >= 15 is 0 Å². The largest absolute Gasteiger partial charge is 0.606 e. The summed E-state index contributed by atoms with van der Waals surface area (Å²) in [6, 6.07) is 17.9. The zero-order valence-electron chi connectivity index (χ0n) is 19.8. The molecule has 0 saturated heterocycles. The molecular weight excluding hydrogens is 475 g/mol. The molecule has 0 bridgehead atoms. The normalized spacial score (nSPS) is 11.5. The smallest absolute Gasteiger partial charge is 0.204 e. The Balaban J connectivity index is 0.00000342. The third-order valence-corrected chi connectivity index (χ3v) is 6.64. The number of phenols is 1. The first kappa shape index (κ1) is 26.9. The number of rotatable bonds is 9. The quantitative estimate of drug-likeness (QED) is 0.202. The van der Waals surface area contributed by atoms with Crippen molar-refractivity contribution >= 4 is 46.5 Å². The summed E-state index contributed by atoms with van der Waals surface area (Å²) in [4.78, 5) is 13.0. The van der Waals surface area contributed by atoms with Crippen LogP contribution in [0.3, 0.4) is 0 Å². The number of nitrogens with one attached hydrogen (secondary N) is 1. The van der Waals surface area contributed by atoms with E-state index in [0.29, 0.717) is 33.3 Å². The minimum absolute atomic E-state index is 0. The van der Waals surface area contributed by atoms with Crippen LogP contribution in [0.1, 0.15) is 41.8 Å². The fourth-order valence-corrected chi connectivity index (χ4v) is 4.78. The van der Waals surface area contributed by atoms with E-state index in [1.165, 1.54) is 6.92 Å². The molecule has 0 aliphatic carbocycles. The van der Waals surface area contributed by atoms with Crippen LogP contribution in [0.2, 0.25) is 0 Å². The summed E-state index contributed by atoms with van der Waals surface area (Å²) < 4.78 is 19.2. The first-order chi connectivity index (χ1) is 16.5. The maximum atomic E-state index is 13.2. The Hall–Kier alpha value is -2.69. The van der Waals surface area contributed by atoms with Crippen molar-refractivity contribution in [2.75, 3.05) is 0 Å². The van der Waals surface area contributed by atoms with Crippen molar-refractivity contribution < 1.29 is 19.2 Å². The molecule has 1 atom stereocenters. The Morgan fingerprint density at radius 2 is 1.86 bits per heavy atom. The Bertz CT molecular complexity index is 1300. The summed E-state index contributed by atoms with van der Waals surface area (Å²) in [5, 5.41) is 24.5. The van der Waals surface area contributed by atoms with Gasteiger partial charge in [-0.25, -0.2) is 0 Å². The minimum atomic E-state index is -1.42. The predicted octanol–water partition coefficient (Wildman–Crippen LogP) is 4.09. The molecule has 3 aromatic carbocycles. The van der Waals surface area contributed by atoms with Gasteiger partial charge in [0, 0.05) is 64.0 Å². The van der Waals surface area contributed by atoms with Gasteiger partial charge in [0.1, 0.15) is 18.1 Å². The van der Waals surface area contributed by atoms with Gasteiger partial charge in [-0.05, 0) is 48.4 Å². The van der Waals surface area contributed by atoms with Gasteiger partial charge in [-0.3, -0.25) is 4.79 Å². The Morgan fingerprint density at radius 3 is 2.54 bits per heavy atom. The Morgan fingerprint density at radius 1 is 1.11 bits per heavy atom. The summed E-state index contributed by atoms with van der Waals surface area (Å²) in [6.45, 7) is 3.65. The molecule has 8 nitrogen and oxygen atoms in total. The van der Waals surface area contributed by atoms with E-state index in [1.807, 2.05) is 31.2 Å². The molecule has 0 amide bonds. The SMILES string of the molecule is CCCc1c(OCc2cccc([S+]([O-])c3cccc(-c4nn[nH]n4)c3)c2)ccc(C(C)=O)c1O.[Na]. The molecule has 175 valence electrons. The van der Waals surface area contributed by atoms with Crippen LogP contribution < -0.4 is 4.74 Å². The van der Waals surface area contributed by atoms with Crippen LogP contribution in [-0.4, -0.2) is 65.6 Å². The minimum Gasteiger partial charge on any atom is -0.606 e. The van der Waals surface area contributed by atoms with Crippen LogP contribution in [-0.2, 0) is 24.2 Å². The fourth-order valence-electron chi connectivity index (χ4n) is 3.61.